The fourth-order valence-electron chi connectivity index (χ4n) is 5.94. The van der Waals surface area contributed by atoms with Gasteiger partial charge in [0.05, 0.1) is 0 Å². The second kappa shape index (κ2) is 5.78. The van der Waals surface area contributed by atoms with Gasteiger partial charge >= 0.3 is 0 Å². The second-order valence-electron chi connectivity index (χ2n) is 8.40. The zero-order valence-corrected chi connectivity index (χ0v) is 13.3. The first-order valence-corrected chi connectivity index (χ1v) is 9.19. The van der Waals surface area contributed by atoms with E-state index < -0.39 is 0 Å². The van der Waals surface area contributed by atoms with E-state index in [1.54, 1.807) is 25.7 Å². The van der Waals surface area contributed by atoms with Crippen LogP contribution in [0.3, 0.4) is 0 Å². The molecule has 0 spiro atoms. The van der Waals surface area contributed by atoms with Crippen molar-refractivity contribution in [1.29, 1.82) is 0 Å². The number of fused-ring (bicyclic) bond motifs is 1. The SMILES string of the molecule is C[C@@H]1CCCCC1CC[C@@H]1CCC[C@]2(C)CCC[C@@H]12. The maximum atomic E-state index is 2.61. The lowest BCUT2D eigenvalue weighted by Gasteiger charge is -2.43. The van der Waals surface area contributed by atoms with Crippen LogP contribution in [0.2, 0.25) is 0 Å². The Bertz CT molecular complexity index is 294. The lowest BCUT2D eigenvalue weighted by Crippen LogP contribution is -2.33. The van der Waals surface area contributed by atoms with Crippen LogP contribution in [0.5, 0.6) is 0 Å². The van der Waals surface area contributed by atoms with Crippen molar-refractivity contribution in [2.75, 3.05) is 0 Å². The van der Waals surface area contributed by atoms with Gasteiger partial charge in [0.15, 0.2) is 0 Å². The molecule has 0 aromatic rings. The van der Waals surface area contributed by atoms with E-state index in [-0.39, 0.29) is 0 Å². The molecule has 0 heteroatoms. The van der Waals surface area contributed by atoms with E-state index >= 15 is 0 Å². The van der Waals surface area contributed by atoms with E-state index in [9.17, 15) is 0 Å². The zero-order chi connectivity index (χ0) is 13.3. The smallest absolute Gasteiger partial charge is 0.0295 e. The molecule has 0 N–H and O–H groups in total. The summed E-state index contributed by atoms with van der Waals surface area (Å²) in [6.45, 7) is 5.13. The summed E-state index contributed by atoms with van der Waals surface area (Å²) < 4.78 is 0. The molecule has 0 saturated heterocycles. The average molecular weight is 262 g/mol. The molecular weight excluding hydrogens is 228 g/mol. The third-order valence-corrected chi connectivity index (χ3v) is 7.25. The molecule has 0 nitrogen and oxygen atoms in total. The summed E-state index contributed by atoms with van der Waals surface area (Å²) in [5.41, 5.74) is 0.751. The normalized spacial score (nSPS) is 47.1. The second-order valence-corrected chi connectivity index (χ2v) is 8.40. The van der Waals surface area contributed by atoms with E-state index in [2.05, 4.69) is 13.8 Å². The number of hydrogen-bond acceptors (Lipinski definition) is 0. The average Bonchev–Trinajstić information content (AvgIpc) is 2.80. The molecule has 0 aliphatic heterocycles. The molecule has 3 fully saturated rings. The van der Waals surface area contributed by atoms with Crippen LogP contribution >= 0.6 is 0 Å². The molecule has 1 unspecified atom stereocenters. The van der Waals surface area contributed by atoms with Gasteiger partial charge in [-0.1, -0.05) is 58.8 Å². The summed E-state index contributed by atoms with van der Waals surface area (Å²) in [7, 11) is 0. The molecule has 0 amide bonds. The minimum atomic E-state index is 0.751. The Morgan fingerprint density at radius 1 is 0.789 bits per heavy atom. The first-order chi connectivity index (χ1) is 9.19. The van der Waals surface area contributed by atoms with E-state index in [1.165, 1.54) is 51.4 Å². The highest BCUT2D eigenvalue weighted by atomic mass is 14.5. The molecule has 3 aliphatic rings. The van der Waals surface area contributed by atoms with Crippen molar-refractivity contribution in [1.82, 2.24) is 0 Å². The summed E-state index contributed by atoms with van der Waals surface area (Å²) in [6.07, 6.45) is 18.4. The molecular formula is C19H34. The summed E-state index contributed by atoms with van der Waals surface area (Å²) in [5.74, 6) is 4.28. The molecule has 0 radical (unpaired) electrons. The number of hydrogen-bond donors (Lipinski definition) is 0. The third-order valence-electron chi connectivity index (χ3n) is 7.25. The van der Waals surface area contributed by atoms with Gasteiger partial charge in [0.2, 0.25) is 0 Å². The van der Waals surface area contributed by atoms with Crippen molar-refractivity contribution < 1.29 is 0 Å². The molecule has 0 bridgehead atoms. The van der Waals surface area contributed by atoms with Crippen LogP contribution in [0, 0.1) is 29.1 Å². The predicted octanol–water partition coefficient (Wildman–Crippen LogP) is 6.20. The molecule has 3 saturated carbocycles. The van der Waals surface area contributed by atoms with Crippen LogP contribution in [-0.4, -0.2) is 0 Å². The molecule has 110 valence electrons. The van der Waals surface area contributed by atoms with Crippen LogP contribution in [-0.2, 0) is 0 Å². The highest BCUT2D eigenvalue weighted by Gasteiger charge is 2.44. The molecule has 5 atom stereocenters. The fraction of sp³-hybridized carbons (Fsp3) is 1.00. The van der Waals surface area contributed by atoms with E-state index in [0.29, 0.717) is 0 Å². The fourth-order valence-corrected chi connectivity index (χ4v) is 5.94. The highest BCUT2D eigenvalue weighted by Crippen LogP contribution is 2.55. The molecule has 0 aromatic carbocycles. The summed E-state index contributed by atoms with van der Waals surface area (Å²) in [6, 6.07) is 0. The Morgan fingerprint density at radius 3 is 2.21 bits per heavy atom. The molecule has 3 aliphatic carbocycles. The lowest BCUT2D eigenvalue weighted by atomic mass is 9.62. The predicted molar refractivity (Wildman–Crippen MR) is 83.1 cm³/mol. The van der Waals surface area contributed by atoms with Crippen molar-refractivity contribution >= 4 is 0 Å². The van der Waals surface area contributed by atoms with E-state index in [4.69, 9.17) is 0 Å². The standard InChI is InChI=1S/C19H34/c1-15-7-3-4-8-16(15)11-12-17-9-5-13-19(2)14-6-10-18(17)19/h15-18H,3-14H2,1-2H3/t15-,16?,17+,18+,19-/m1/s1. The topological polar surface area (TPSA) is 0 Å². The largest absolute Gasteiger partial charge is 0.0622 e. The van der Waals surface area contributed by atoms with Gasteiger partial charge in [-0.3, -0.25) is 0 Å². The summed E-state index contributed by atoms with van der Waals surface area (Å²) in [5, 5.41) is 0. The van der Waals surface area contributed by atoms with Crippen LogP contribution in [0.25, 0.3) is 0 Å². The van der Waals surface area contributed by atoms with Crippen molar-refractivity contribution in [2.24, 2.45) is 29.1 Å². The van der Waals surface area contributed by atoms with Gasteiger partial charge in [-0.25, -0.2) is 0 Å². The maximum Gasteiger partial charge on any atom is -0.0295 e. The molecule has 19 heavy (non-hydrogen) atoms. The Kier molecular flexibility index (Phi) is 4.25. The van der Waals surface area contributed by atoms with Crippen molar-refractivity contribution in [3.8, 4) is 0 Å². The first kappa shape index (κ1) is 14.0. The minimum Gasteiger partial charge on any atom is -0.0622 e. The van der Waals surface area contributed by atoms with Crippen LogP contribution in [0.15, 0.2) is 0 Å². The maximum absolute atomic E-state index is 2.61. The van der Waals surface area contributed by atoms with Crippen LogP contribution in [0.1, 0.15) is 90.9 Å². The minimum absolute atomic E-state index is 0.751. The highest BCUT2D eigenvalue weighted by molar-refractivity contribution is 4.95. The van der Waals surface area contributed by atoms with Gasteiger partial charge in [-0.2, -0.15) is 0 Å². The summed E-state index contributed by atoms with van der Waals surface area (Å²) >= 11 is 0. The quantitative estimate of drug-likeness (QED) is 0.568. The van der Waals surface area contributed by atoms with Crippen molar-refractivity contribution in [3.05, 3.63) is 0 Å². The van der Waals surface area contributed by atoms with Gasteiger partial charge in [-0.15, -0.1) is 0 Å². The molecule has 3 rings (SSSR count). The van der Waals surface area contributed by atoms with Gasteiger partial charge in [-0.05, 0) is 61.2 Å². The Balaban J connectivity index is 1.54. The van der Waals surface area contributed by atoms with E-state index in [1.807, 2.05) is 0 Å². The number of rotatable bonds is 3. The monoisotopic (exact) mass is 262 g/mol. The molecule has 0 aromatic heterocycles. The molecule has 0 heterocycles. The van der Waals surface area contributed by atoms with Crippen LogP contribution in [0.4, 0.5) is 0 Å². The van der Waals surface area contributed by atoms with Gasteiger partial charge in [0, 0.05) is 0 Å². The first-order valence-electron chi connectivity index (χ1n) is 9.19. The Labute approximate surface area is 120 Å². The lowest BCUT2D eigenvalue weighted by molar-refractivity contribution is 0.0751. The van der Waals surface area contributed by atoms with E-state index in [0.717, 1.165) is 29.1 Å². The van der Waals surface area contributed by atoms with Gasteiger partial charge in [0.25, 0.3) is 0 Å². The third kappa shape index (κ3) is 2.88. The Morgan fingerprint density at radius 2 is 1.42 bits per heavy atom. The Hall–Kier alpha value is 0. The summed E-state index contributed by atoms with van der Waals surface area (Å²) in [4.78, 5) is 0. The van der Waals surface area contributed by atoms with Crippen molar-refractivity contribution in [2.45, 2.75) is 90.9 Å². The van der Waals surface area contributed by atoms with Crippen LogP contribution < -0.4 is 0 Å². The zero-order valence-electron chi connectivity index (χ0n) is 13.3. The van der Waals surface area contributed by atoms with Crippen molar-refractivity contribution in [3.63, 3.8) is 0 Å². The van der Waals surface area contributed by atoms with Gasteiger partial charge in [0.1, 0.15) is 0 Å². The van der Waals surface area contributed by atoms with Gasteiger partial charge < -0.3 is 0 Å².